The summed E-state index contributed by atoms with van der Waals surface area (Å²) in [5.41, 5.74) is 4.26. The van der Waals surface area contributed by atoms with Crippen molar-refractivity contribution in [2.24, 2.45) is 0 Å². The SMILES string of the molecule is Cc1ccc(F)c2c1NC(C(=O)Nc1cccc(N3CC4CC3CN4C)c1)C2. The fourth-order valence-electron chi connectivity index (χ4n) is 4.90. The van der Waals surface area contributed by atoms with Crippen LogP contribution in [0.4, 0.5) is 21.5 Å². The molecular formula is C22H25FN4O. The van der Waals surface area contributed by atoms with Crippen LogP contribution in [0.2, 0.25) is 0 Å². The summed E-state index contributed by atoms with van der Waals surface area (Å²) in [7, 11) is 2.19. The predicted molar refractivity (Wildman–Crippen MR) is 109 cm³/mol. The Bertz CT molecular complexity index is 913. The highest BCUT2D eigenvalue weighted by atomic mass is 19.1. The first kappa shape index (κ1) is 17.5. The number of carbonyl (C=O) groups is 1. The Balaban J connectivity index is 1.29. The van der Waals surface area contributed by atoms with Crippen molar-refractivity contribution in [3.63, 3.8) is 0 Å². The van der Waals surface area contributed by atoms with Crippen molar-refractivity contribution in [2.75, 3.05) is 35.7 Å². The van der Waals surface area contributed by atoms with Crippen LogP contribution in [0.1, 0.15) is 17.5 Å². The summed E-state index contributed by atoms with van der Waals surface area (Å²) in [6.45, 7) is 4.06. The molecule has 0 aromatic heterocycles. The average Bonchev–Trinajstić information content (AvgIpc) is 3.39. The molecular weight excluding hydrogens is 355 g/mol. The first-order valence-corrected chi connectivity index (χ1v) is 9.92. The van der Waals surface area contributed by atoms with Gasteiger partial charge in [-0.3, -0.25) is 9.69 Å². The summed E-state index contributed by atoms with van der Waals surface area (Å²) in [5, 5.41) is 6.21. The number of anilines is 3. The van der Waals surface area contributed by atoms with E-state index in [-0.39, 0.29) is 11.7 Å². The third kappa shape index (κ3) is 2.83. The summed E-state index contributed by atoms with van der Waals surface area (Å²) in [6, 6.07) is 12.0. The second kappa shape index (κ2) is 6.48. The van der Waals surface area contributed by atoms with Gasteiger partial charge in [-0.2, -0.15) is 0 Å². The monoisotopic (exact) mass is 380 g/mol. The molecule has 0 saturated carbocycles. The number of likely N-dealkylation sites (N-methyl/N-ethyl adjacent to an activating group) is 1. The molecule has 3 heterocycles. The Morgan fingerprint density at radius 2 is 2.07 bits per heavy atom. The van der Waals surface area contributed by atoms with Crippen LogP contribution in [-0.4, -0.2) is 49.1 Å². The summed E-state index contributed by atoms with van der Waals surface area (Å²) in [5.74, 6) is -0.380. The van der Waals surface area contributed by atoms with Crippen molar-refractivity contribution in [3.8, 4) is 0 Å². The van der Waals surface area contributed by atoms with E-state index < -0.39 is 6.04 Å². The number of fused-ring (bicyclic) bond motifs is 3. The van der Waals surface area contributed by atoms with Crippen LogP contribution in [-0.2, 0) is 11.2 Å². The first-order chi connectivity index (χ1) is 13.5. The molecule has 3 aliphatic rings. The molecule has 2 fully saturated rings. The van der Waals surface area contributed by atoms with E-state index in [1.165, 1.54) is 12.5 Å². The molecule has 2 aromatic carbocycles. The Labute approximate surface area is 164 Å². The van der Waals surface area contributed by atoms with Crippen LogP contribution in [0.25, 0.3) is 0 Å². The van der Waals surface area contributed by atoms with E-state index in [1.807, 2.05) is 25.1 Å². The van der Waals surface area contributed by atoms with Crippen molar-refractivity contribution in [2.45, 2.75) is 37.9 Å². The molecule has 6 heteroatoms. The maximum atomic E-state index is 14.1. The molecule has 5 nitrogen and oxygen atoms in total. The van der Waals surface area contributed by atoms with Gasteiger partial charge in [0.1, 0.15) is 11.9 Å². The van der Waals surface area contributed by atoms with Crippen molar-refractivity contribution >= 4 is 23.0 Å². The number of hydrogen-bond acceptors (Lipinski definition) is 4. The molecule has 3 unspecified atom stereocenters. The number of halogens is 1. The number of rotatable bonds is 3. The molecule has 0 radical (unpaired) electrons. The highest BCUT2D eigenvalue weighted by Crippen LogP contribution is 2.35. The van der Waals surface area contributed by atoms with E-state index >= 15 is 0 Å². The lowest BCUT2D eigenvalue weighted by atomic mass is 10.1. The van der Waals surface area contributed by atoms with Gasteiger partial charge in [-0.25, -0.2) is 4.39 Å². The predicted octanol–water partition coefficient (Wildman–Crippen LogP) is 3.00. The standard InChI is InChI=1S/C22H25FN4O/c1-13-6-7-19(23)18-10-20(25-21(13)18)22(28)24-14-4-3-5-15(8-14)27-12-16-9-17(27)11-26(16)2/h3-8,16-17,20,25H,9-12H2,1-2H3,(H,24,28). The third-order valence-electron chi connectivity index (χ3n) is 6.47. The lowest BCUT2D eigenvalue weighted by Gasteiger charge is -2.33. The molecule has 0 spiro atoms. The highest BCUT2D eigenvalue weighted by molar-refractivity contribution is 5.98. The zero-order chi connectivity index (χ0) is 19.4. The van der Waals surface area contributed by atoms with Gasteiger partial charge >= 0.3 is 0 Å². The zero-order valence-electron chi connectivity index (χ0n) is 16.2. The molecule has 3 aliphatic heterocycles. The summed E-state index contributed by atoms with van der Waals surface area (Å²) in [6.07, 6.45) is 1.58. The topological polar surface area (TPSA) is 47.6 Å². The van der Waals surface area contributed by atoms with Gasteiger partial charge in [-0.1, -0.05) is 12.1 Å². The van der Waals surface area contributed by atoms with Crippen molar-refractivity contribution in [3.05, 3.63) is 53.3 Å². The molecule has 3 atom stereocenters. The normalized spacial score (nSPS) is 25.7. The minimum atomic E-state index is -0.453. The minimum absolute atomic E-state index is 0.130. The summed E-state index contributed by atoms with van der Waals surface area (Å²) >= 11 is 0. The van der Waals surface area contributed by atoms with Gasteiger partial charge in [0.15, 0.2) is 0 Å². The number of nitrogens with zero attached hydrogens (tertiary/aromatic N) is 2. The van der Waals surface area contributed by atoms with E-state index in [1.54, 1.807) is 6.07 Å². The summed E-state index contributed by atoms with van der Waals surface area (Å²) in [4.78, 5) is 17.7. The maximum absolute atomic E-state index is 14.1. The maximum Gasteiger partial charge on any atom is 0.247 e. The fourth-order valence-corrected chi connectivity index (χ4v) is 4.90. The van der Waals surface area contributed by atoms with E-state index in [0.717, 1.165) is 35.7 Å². The number of amides is 1. The van der Waals surface area contributed by atoms with Gasteiger partial charge in [-0.05, 0) is 50.2 Å². The molecule has 28 heavy (non-hydrogen) atoms. The molecule has 2 aromatic rings. The van der Waals surface area contributed by atoms with Gasteiger partial charge in [0.2, 0.25) is 5.91 Å². The Morgan fingerprint density at radius 3 is 2.79 bits per heavy atom. The van der Waals surface area contributed by atoms with Crippen LogP contribution >= 0.6 is 0 Å². The van der Waals surface area contributed by atoms with Gasteiger partial charge < -0.3 is 15.5 Å². The highest BCUT2D eigenvalue weighted by Gasteiger charge is 2.41. The number of piperazine rings is 1. The van der Waals surface area contributed by atoms with Crippen LogP contribution in [0, 0.1) is 12.7 Å². The van der Waals surface area contributed by atoms with Gasteiger partial charge in [-0.15, -0.1) is 0 Å². The van der Waals surface area contributed by atoms with Gasteiger partial charge in [0.05, 0.1) is 0 Å². The van der Waals surface area contributed by atoms with E-state index in [2.05, 4.69) is 33.5 Å². The van der Waals surface area contributed by atoms with Crippen molar-refractivity contribution < 1.29 is 9.18 Å². The van der Waals surface area contributed by atoms with Gasteiger partial charge in [0.25, 0.3) is 0 Å². The molecule has 146 valence electrons. The fraction of sp³-hybridized carbons (Fsp3) is 0.409. The van der Waals surface area contributed by atoms with E-state index in [0.29, 0.717) is 24.1 Å². The molecule has 1 amide bonds. The lowest BCUT2D eigenvalue weighted by molar-refractivity contribution is -0.116. The number of nitrogens with one attached hydrogen (secondary N) is 2. The molecule has 2 saturated heterocycles. The number of hydrogen-bond donors (Lipinski definition) is 2. The lowest BCUT2D eigenvalue weighted by Crippen LogP contribution is -2.44. The Kier molecular flexibility index (Phi) is 4.05. The Morgan fingerprint density at radius 1 is 1.21 bits per heavy atom. The number of carbonyl (C=O) groups excluding carboxylic acids is 1. The Hall–Kier alpha value is -2.60. The number of aryl methyl sites for hydroxylation is 1. The number of benzene rings is 2. The first-order valence-electron chi connectivity index (χ1n) is 9.92. The zero-order valence-corrected chi connectivity index (χ0v) is 16.2. The van der Waals surface area contributed by atoms with Crippen LogP contribution in [0.5, 0.6) is 0 Å². The largest absolute Gasteiger partial charge is 0.373 e. The van der Waals surface area contributed by atoms with E-state index in [4.69, 9.17) is 0 Å². The smallest absolute Gasteiger partial charge is 0.247 e. The molecule has 0 aliphatic carbocycles. The average molecular weight is 380 g/mol. The minimum Gasteiger partial charge on any atom is -0.373 e. The molecule has 2 N–H and O–H groups in total. The van der Waals surface area contributed by atoms with Crippen molar-refractivity contribution in [1.82, 2.24) is 4.90 Å². The van der Waals surface area contributed by atoms with Crippen LogP contribution in [0.15, 0.2) is 36.4 Å². The second-order valence-corrected chi connectivity index (χ2v) is 8.29. The quantitative estimate of drug-likeness (QED) is 0.860. The number of likely N-dealkylation sites (tertiary alicyclic amines) is 1. The van der Waals surface area contributed by atoms with Crippen LogP contribution < -0.4 is 15.5 Å². The molecule has 5 rings (SSSR count). The third-order valence-corrected chi connectivity index (χ3v) is 6.47. The summed E-state index contributed by atoms with van der Waals surface area (Å²) < 4.78 is 14.1. The van der Waals surface area contributed by atoms with E-state index in [9.17, 15) is 9.18 Å². The second-order valence-electron chi connectivity index (χ2n) is 8.29. The van der Waals surface area contributed by atoms with Gasteiger partial charge in [0, 0.05) is 54.2 Å². The van der Waals surface area contributed by atoms with Crippen LogP contribution in [0.3, 0.4) is 0 Å². The van der Waals surface area contributed by atoms with Crippen molar-refractivity contribution in [1.29, 1.82) is 0 Å². The molecule has 2 bridgehead atoms.